The molecule has 1 aromatic rings. The third-order valence-electron chi connectivity index (χ3n) is 1.06. The largest absolute Gasteiger partial charge is 0.261 e. The molecule has 0 aliphatic heterocycles. The maximum absolute atomic E-state index is 4.08. The van der Waals surface area contributed by atoms with Gasteiger partial charge in [0.1, 0.15) is 0 Å². The topological polar surface area (TPSA) is 12.9 Å². The van der Waals surface area contributed by atoms with Crippen LogP contribution in [0.1, 0.15) is 52.8 Å². The predicted molar refractivity (Wildman–Crippen MR) is 67.8 cm³/mol. The molecule has 0 aliphatic carbocycles. The zero-order valence-corrected chi connectivity index (χ0v) is 11.2. The molecule has 0 spiro atoms. The molecule has 1 aromatic heterocycles. The fraction of sp³-hybridized carbons (Fsp3) is 0.615. The normalized spacial score (nSPS) is 6.57. The Bertz CT molecular complexity index is 144. The van der Waals surface area contributed by atoms with E-state index in [4.69, 9.17) is 0 Å². The van der Waals surface area contributed by atoms with Crippen LogP contribution >= 0.6 is 0 Å². The summed E-state index contributed by atoms with van der Waals surface area (Å²) in [7, 11) is 0. The zero-order valence-electron chi connectivity index (χ0n) is 11.2. The molecule has 84 valence electrons. The van der Waals surface area contributed by atoms with Crippen molar-refractivity contribution in [3.05, 3.63) is 29.6 Å². The van der Waals surface area contributed by atoms with Gasteiger partial charge in [0.25, 0.3) is 0 Å². The van der Waals surface area contributed by atoms with Gasteiger partial charge in [0.15, 0.2) is 0 Å². The molecule has 0 radical (unpaired) electrons. The van der Waals surface area contributed by atoms with Crippen molar-refractivity contribution >= 4 is 0 Å². The second-order valence-corrected chi connectivity index (χ2v) is 1.98. The van der Waals surface area contributed by atoms with E-state index in [0.717, 1.165) is 5.69 Å². The van der Waals surface area contributed by atoms with Crippen LogP contribution in [0.5, 0.6) is 0 Å². The molecule has 0 fully saturated rings. The van der Waals surface area contributed by atoms with Crippen LogP contribution in [0.2, 0.25) is 0 Å². The molecule has 0 aliphatic rings. The molecule has 1 heteroatoms. The Morgan fingerprint density at radius 2 is 1.21 bits per heavy atom. The average molecular weight is 197 g/mol. The molecular weight excluding hydrogens is 170 g/mol. The van der Waals surface area contributed by atoms with Gasteiger partial charge in [-0.05, 0) is 25.5 Å². The fourth-order valence-electron chi connectivity index (χ4n) is 0.542. The standard InChI is InChI=1S/C7H9N.3C2H6/c1-6-3-4-7(2)8-5-6;3*1-2/h3-5H,1-2H3;3*1-2H3. The van der Waals surface area contributed by atoms with Gasteiger partial charge in [0, 0.05) is 11.9 Å². The van der Waals surface area contributed by atoms with Crippen molar-refractivity contribution < 1.29 is 0 Å². The summed E-state index contributed by atoms with van der Waals surface area (Å²) in [6.45, 7) is 16.0. The van der Waals surface area contributed by atoms with Crippen molar-refractivity contribution in [1.82, 2.24) is 4.98 Å². The second kappa shape index (κ2) is 18.0. The average Bonchev–Trinajstić information content (AvgIpc) is 2.31. The molecule has 1 heterocycles. The molecular formula is C13H27N. The van der Waals surface area contributed by atoms with E-state index >= 15 is 0 Å². The Balaban J connectivity index is -0.000000174. The Morgan fingerprint density at radius 3 is 1.43 bits per heavy atom. The van der Waals surface area contributed by atoms with Crippen LogP contribution < -0.4 is 0 Å². The van der Waals surface area contributed by atoms with Gasteiger partial charge in [0.2, 0.25) is 0 Å². The lowest BCUT2D eigenvalue weighted by Crippen LogP contribution is -1.78. The smallest absolute Gasteiger partial charge is 0.0372 e. The lowest BCUT2D eigenvalue weighted by Gasteiger charge is -1.89. The van der Waals surface area contributed by atoms with Gasteiger partial charge in [-0.25, -0.2) is 0 Å². The number of aryl methyl sites for hydroxylation is 2. The fourth-order valence-corrected chi connectivity index (χ4v) is 0.542. The maximum Gasteiger partial charge on any atom is 0.0372 e. The van der Waals surface area contributed by atoms with Crippen LogP contribution in [0.25, 0.3) is 0 Å². The summed E-state index contributed by atoms with van der Waals surface area (Å²) < 4.78 is 0. The van der Waals surface area contributed by atoms with Crippen LogP contribution in [0.3, 0.4) is 0 Å². The summed E-state index contributed by atoms with van der Waals surface area (Å²) in [6.07, 6.45) is 1.87. The number of hydrogen-bond acceptors (Lipinski definition) is 1. The highest BCUT2D eigenvalue weighted by Gasteiger charge is 1.81. The highest BCUT2D eigenvalue weighted by Crippen LogP contribution is 1.94. The van der Waals surface area contributed by atoms with Crippen LogP contribution in [-0.4, -0.2) is 4.98 Å². The van der Waals surface area contributed by atoms with Crippen LogP contribution in [0.4, 0.5) is 0 Å². The summed E-state index contributed by atoms with van der Waals surface area (Å²) in [5.74, 6) is 0. The summed E-state index contributed by atoms with van der Waals surface area (Å²) in [6, 6.07) is 4.07. The summed E-state index contributed by atoms with van der Waals surface area (Å²) in [5, 5.41) is 0. The molecule has 14 heavy (non-hydrogen) atoms. The van der Waals surface area contributed by atoms with Crippen molar-refractivity contribution in [3.63, 3.8) is 0 Å². The molecule has 0 amide bonds. The molecule has 0 N–H and O–H groups in total. The van der Waals surface area contributed by atoms with E-state index in [1.54, 1.807) is 0 Å². The Labute approximate surface area is 90.6 Å². The number of nitrogens with zero attached hydrogens (tertiary/aromatic N) is 1. The molecule has 0 unspecified atom stereocenters. The van der Waals surface area contributed by atoms with E-state index in [2.05, 4.69) is 11.1 Å². The first kappa shape index (κ1) is 18.8. The minimum atomic E-state index is 1.08. The van der Waals surface area contributed by atoms with Crippen molar-refractivity contribution in [2.24, 2.45) is 0 Å². The SMILES string of the molecule is CC.CC.CC.Cc1ccc(C)nc1. The highest BCUT2D eigenvalue weighted by atomic mass is 14.6. The predicted octanol–water partition coefficient (Wildman–Crippen LogP) is 4.78. The van der Waals surface area contributed by atoms with Gasteiger partial charge in [0.05, 0.1) is 0 Å². The van der Waals surface area contributed by atoms with Crippen LogP contribution in [-0.2, 0) is 0 Å². The first-order valence-electron chi connectivity index (χ1n) is 5.68. The van der Waals surface area contributed by atoms with E-state index in [1.165, 1.54) is 5.56 Å². The Kier molecular flexibility index (Phi) is 24.3. The minimum absolute atomic E-state index is 1.08. The molecule has 0 atom stereocenters. The number of pyridine rings is 1. The molecule has 1 nitrogen and oxygen atoms in total. The van der Waals surface area contributed by atoms with Crippen LogP contribution in [0, 0.1) is 13.8 Å². The van der Waals surface area contributed by atoms with E-state index in [9.17, 15) is 0 Å². The van der Waals surface area contributed by atoms with Crippen molar-refractivity contribution in [1.29, 1.82) is 0 Å². The highest BCUT2D eigenvalue weighted by molar-refractivity contribution is 5.10. The minimum Gasteiger partial charge on any atom is -0.261 e. The van der Waals surface area contributed by atoms with Crippen molar-refractivity contribution in [3.8, 4) is 0 Å². The van der Waals surface area contributed by atoms with Gasteiger partial charge in [-0.15, -0.1) is 0 Å². The summed E-state index contributed by atoms with van der Waals surface area (Å²) >= 11 is 0. The summed E-state index contributed by atoms with van der Waals surface area (Å²) in [4.78, 5) is 4.08. The van der Waals surface area contributed by atoms with Gasteiger partial charge < -0.3 is 0 Å². The Morgan fingerprint density at radius 1 is 0.786 bits per heavy atom. The van der Waals surface area contributed by atoms with E-state index in [0.29, 0.717) is 0 Å². The second-order valence-electron chi connectivity index (χ2n) is 1.98. The lowest BCUT2D eigenvalue weighted by atomic mass is 10.3. The first-order chi connectivity index (χ1) is 6.79. The summed E-state index contributed by atoms with van der Waals surface area (Å²) in [5.41, 5.74) is 2.30. The molecule has 0 saturated heterocycles. The number of hydrogen-bond donors (Lipinski definition) is 0. The molecule has 1 rings (SSSR count). The molecule has 0 bridgehead atoms. The third kappa shape index (κ3) is 13.7. The van der Waals surface area contributed by atoms with E-state index in [-0.39, 0.29) is 0 Å². The zero-order chi connectivity index (χ0) is 12.0. The van der Waals surface area contributed by atoms with Crippen molar-refractivity contribution in [2.45, 2.75) is 55.4 Å². The van der Waals surface area contributed by atoms with Gasteiger partial charge in [-0.1, -0.05) is 47.6 Å². The first-order valence-corrected chi connectivity index (χ1v) is 5.68. The van der Waals surface area contributed by atoms with Gasteiger partial charge >= 0.3 is 0 Å². The monoisotopic (exact) mass is 197 g/mol. The van der Waals surface area contributed by atoms with E-state index < -0.39 is 0 Å². The van der Waals surface area contributed by atoms with Crippen molar-refractivity contribution in [2.75, 3.05) is 0 Å². The Hall–Kier alpha value is -0.850. The van der Waals surface area contributed by atoms with Gasteiger partial charge in [-0.3, -0.25) is 4.98 Å². The van der Waals surface area contributed by atoms with Gasteiger partial charge in [-0.2, -0.15) is 0 Å². The van der Waals surface area contributed by atoms with E-state index in [1.807, 2.05) is 67.7 Å². The third-order valence-corrected chi connectivity index (χ3v) is 1.06. The lowest BCUT2D eigenvalue weighted by molar-refractivity contribution is 1.17. The molecule has 0 aromatic carbocycles. The van der Waals surface area contributed by atoms with Crippen LogP contribution in [0.15, 0.2) is 18.3 Å². The molecule has 0 saturated carbocycles. The number of aromatic nitrogens is 1. The maximum atomic E-state index is 4.08. The quantitative estimate of drug-likeness (QED) is 0.583. The number of rotatable bonds is 0.